The molecule has 2 rings (SSSR count). The number of nitrogens with one attached hydrogen (secondary N) is 2. The SMILES string of the molecule is CC(C)C[C@H](CC(=O)CC(O)(c1ccccc1)C(F)(F)F)C(=O)N[C@H](C#N)C[C@@H]1CCNC1=O. The summed E-state index contributed by atoms with van der Waals surface area (Å²) in [6.07, 6.45) is -6.00. The molecule has 0 saturated carbocycles. The number of nitriles is 1. The Morgan fingerprint density at radius 3 is 2.41 bits per heavy atom. The average Bonchev–Trinajstić information content (AvgIpc) is 3.16. The molecule has 3 N–H and O–H groups in total. The van der Waals surface area contributed by atoms with E-state index in [9.17, 15) is 37.9 Å². The van der Waals surface area contributed by atoms with Gasteiger partial charge < -0.3 is 15.7 Å². The summed E-state index contributed by atoms with van der Waals surface area (Å²) in [6.45, 7) is 4.08. The van der Waals surface area contributed by atoms with Crippen molar-refractivity contribution >= 4 is 17.6 Å². The first-order chi connectivity index (χ1) is 15.9. The Kier molecular flexibility index (Phi) is 9.21. The van der Waals surface area contributed by atoms with Crippen molar-refractivity contribution < 1.29 is 32.7 Å². The smallest absolute Gasteiger partial charge is 0.376 e. The molecule has 0 radical (unpaired) electrons. The van der Waals surface area contributed by atoms with Crippen LogP contribution in [0.3, 0.4) is 0 Å². The maximum absolute atomic E-state index is 13.7. The van der Waals surface area contributed by atoms with Crippen LogP contribution in [-0.2, 0) is 20.0 Å². The molecule has 186 valence electrons. The Balaban J connectivity index is 2.13. The molecule has 1 heterocycles. The van der Waals surface area contributed by atoms with Crippen molar-refractivity contribution in [3.8, 4) is 6.07 Å². The van der Waals surface area contributed by atoms with Crippen LogP contribution in [0.15, 0.2) is 30.3 Å². The molecular formula is C24H30F3N3O4. The van der Waals surface area contributed by atoms with Crippen LogP contribution in [-0.4, -0.2) is 41.5 Å². The van der Waals surface area contributed by atoms with E-state index in [0.717, 1.165) is 12.1 Å². The minimum Gasteiger partial charge on any atom is -0.376 e. The zero-order chi connectivity index (χ0) is 25.5. The lowest BCUT2D eigenvalue weighted by molar-refractivity contribution is -0.267. The summed E-state index contributed by atoms with van der Waals surface area (Å²) in [4.78, 5) is 37.3. The minimum atomic E-state index is -5.10. The van der Waals surface area contributed by atoms with Gasteiger partial charge in [0.1, 0.15) is 11.8 Å². The van der Waals surface area contributed by atoms with Crippen molar-refractivity contribution in [1.82, 2.24) is 10.6 Å². The number of amides is 2. The fraction of sp³-hybridized carbons (Fsp3) is 0.583. The number of aliphatic hydroxyl groups is 1. The summed E-state index contributed by atoms with van der Waals surface area (Å²) >= 11 is 0. The van der Waals surface area contributed by atoms with Crippen molar-refractivity contribution in [3.05, 3.63) is 35.9 Å². The van der Waals surface area contributed by atoms with E-state index in [-0.39, 0.29) is 24.7 Å². The largest absolute Gasteiger partial charge is 0.421 e. The lowest BCUT2D eigenvalue weighted by atomic mass is 9.84. The zero-order valence-corrected chi connectivity index (χ0v) is 19.2. The van der Waals surface area contributed by atoms with Crippen molar-refractivity contribution in [2.75, 3.05) is 6.54 Å². The Morgan fingerprint density at radius 1 is 1.26 bits per heavy atom. The first-order valence-corrected chi connectivity index (χ1v) is 11.2. The van der Waals surface area contributed by atoms with Gasteiger partial charge >= 0.3 is 6.18 Å². The summed E-state index contributed by atoms with van der Waals surface area (Å²) in [5, 5.41) is 25.1. The van der Waals surface area contributed by atoms with Gasteiger partial charge in [-0.05, 0) is 30.7 Å². The second-order valence-electron chi connectivity index (χ2n) is 9.17. The molecule has 0 spiro atoms. The number of ketones is 1. The third-order valence-corrected chi connectivity index (χ3v) is 5.93. The molecule has 0 aliphatic carbocycles. The van der Waals surface area contributed by atoms with Gasteiger partial charge in [0.2, 0.25) is 11.8 Å². The van der Waals surface area contributed by atoms with Crippen molar-refractivity contribution in [1.29, 1.82) is 5.26 Å². The molecule has 1 aliphatic heterocycles. The average molecular weight is 482 g/mol. The fourth-order valence-electron chi connectivity index (χ4n) is 4.15. The highest BCUT2D eigenvalue weighted by atomic mass is 19.4. The third-order valence-electron chi connectivity index (χ3n) is 5.93. The molecule has 1 fully saturated rings. The number of carbonyl (C=O) groups excluding carboxylic acids is 3. The number of rotatable bonds is 11. The van der Waals surface area contributed by atoms with Gasteiger partial charge in [-0.2, -0.15) is 18.4 Å². The molecule has 7 nitrogen and oxygen atoms in total. The van der Waals surface area contributed by atoms with E-state index in [1.54, 1.807) is 13.8 Å². The lowest BCUT2D eigenvalue weighted by Gasteiger charge is -2.31. The van der Waals surface area contributed by atoms with Gasteiger partial charge in [0, 0.05) is 31.2 Å². The van der Waals surface area contributed by atoms with Crippen LogP contribution in [0.25, 0.3) is 0 Å². The standard InChI is InChI=1S/C24H30F3N3O4/c1-15(2)10-17(22(33)30-19(14-28)11-16-8-9-29-21(16)32)12-20(31)13-23(34,24(25,26)27)18-6-4-3-5-7-18/h3-7,15-17,19,34H,8-13H2,1-2H3,(H,29,32)(H,30,33)/t16-,17+,19-,23?/m0/s1. The summed E-state index contributed by atoms with van der Waals surface area (Å²) < 4.78 is 41.2. The number of halogens is 3. The molecule has 0 aromatic heterocycles. The van der Waals surface area contributed by atoms with E-state index in [2.05, 4.69) is 10.6 Å². The molecule has 4 atom stereocenters. The van der Waals surface area contributed by atoms with E-state index in [4.69, 9.17) is 0 Å². The van der Waals surface area contributed by atoms with Gasteiger partial charge in [0.15, 0.2) is 5.60 Å². The van der Waals surface area contributed by atoms with Crippen LogP contribution in [0, 0.1) is 29.1 Å². The van der Waals surface area contributed by atoms with E-state index < -0.39 is 59.8 Å². The quantitative estimate of drug-likeness (QED) is 0.449. The highest BCUT2D eigenvalue weighted by Crippen LogP contribution is 2.42. The van der Waals surface area contributed by atoms with Crippen LogP contribution < -0.4 is 10.6 Å². The van der Waals surface area contributed by atoms with Crippen LogP contribution in [0.4, 0.5) is 13.2 Å². The number of alkyl halides is 3. The minimum absolute atomic E-state index is 0.0553. The molecule has 1 saturated heterocycles. The molecule has 34 heavy (non-hydrogen) atoms. The fourth-order valence-corrected chi connectivity index (χ4v) is 4.15. The number of carbonyl (C=O) groups is 3. The highest BCUT2D eigenvalue weighted by molar-refractivity contribution is 5.88. The first-order valence-electron chi connectivity index (χ1n) is 11.2. The van der Waals surface area contributed by atoms with Crippen molar-refractivity contribution in [3.63, 3.8) is 0 Å². The highest BCUT2D eigenvalue weighted by Gasteiger charge is 2.56. The summed E-state index contributed by atoms with van der Waals surface area (Å²) in [7, 11) is 0. The molecule has 0 bridgehead atoms. The number of nitrogens with zero attached hydrogens (tertiary/aromatic N) is 1. The monoisotopic (exact) mass is 481 g/mol. The summed E-state index contributed by atoms with van der Waals surface area (Å²) in [5.41, 5.74) is -3.84. The van der Waals surface area contributed by atoms with E-state index in [0.29, 0.717) is 13.0 Å². The summed E-state index contributed by atoms with van der Waals surface area (Å²) in [6, 6.07) is 7.31. The lowest BCUT2D eigenvalue weighted by Crippen LogP contribution is -2.45. The van der Waals surface area contributed by atoms with Gasteiger partial charge in [-0.15, -0.1) is 0 Å². The zero-order valence-electron chi connectivity index (χ0n) is 19.2. The molecule has 1 aromatic carbocycles. The van der Waals surface area contributed by atoms with Gasteiger partial charge in [-0.3, -0.25) is 14.4 Å². The molecule has 2 amide bonds. The predicted octanol–water partition coefficient (Wildman–Crippen LogP) is 2.98. The number of hydrogen-bond acceptors (Lipinski definition) is 5. The predicted molar refractivity (Wildman–Crippen MR) is 117 cm³/mol. The van der Waals surface area contributed by atoms with Crippen molar-refractivity contribution in [2.24, 2.45) is 17.8 Å². The Bertz CT molecular complexity index is 914. The summed E-state index contributed by atoms with van der Waals surface area (Å²) in [5.74, 6) is -3.21. The van der Waals surface area contributed by atoms with Gasteiger partial charge in [-0.1, -0.05) is 44.2 Å². The Labute approximate surface area is 196 Å². The van der Waals surface area contributed by atoms with Crippen molar-refractivity contribution in [2.45, 2.75) is 63.8 Å². The molecular weight excluding hydrogens is 451 g/mol. The second kappa shape index (κ2) is 11.5. The van der Waals surface area contributed by atoms with Crippen LogP contribution >= 0.6 is 0 Å². The van der Waals surface area contributed by atoms with Crippen LogP contribution in [0.1, 0.15) is 51.5 Å². The third kappa shape index (κ3) is 7.03. The normalized spacial score (nSPS) is 19.6. The maximum Gasteiger partial charge on any atom is 0.421 e. The number of hydrogen-bond donors (Lipinski definition) is 3. The second-order valence-corrected chi connectivity index (χ2v) is 9.17. The van der Waals surface area contributed by atoms with Gasteiger partial charge in [-0.25, -0.2) is 0 Å². The van der Waals surface area contributed by atoms with E-state index >= 15 is 0 Å². The van der Waals surface area contributed by atoms with E-state index in [1.807, 2.05) is 6.07 Å². The first kappa shape index (κ1) is 27.3. The number of benzene rings is 1. The molecule has 1 aromatic rings. The van der Waals surface area contributed by atoms with Gasteiger partial charge in [0.25, 0.3) is 0 Å². The van der Waals surface area contributed by atoms with Crippen LogP contribution in [0.2, 0.25) is 0 Å². The topological polar surface area (TPSA) is 119 Å². The van der Waals surface area contributed by atoms with E-state index in [1.165, 1.54) is 18.2 Å². The Morgan fingerprint density at radius 2 is 1.91 bits per heavy atom. The van der Waals surface area contributed by atoms with Gasteiger partial charge in [0.05, 0.1) is 6.07 Å². The molecule has 1 unspecified atom stereocenters. The molecule has 10 heteroatoms. The molecule has 1 aliphatic rings. The Hall–Kier alpha value is -2.93. The maximum atomic E-state index is 13.7. The number of Topliss-reactive ketones (excluding diaryl/α,β-unsaturated/α-hetero) is 1. The van der Waals surface area contributed by atoms with Crippen LogP contribution in [0.5, 0.6) is 0 Å².